The summed E-state index contributed by atoms with van der Waals surface area (Å²) in [5, 5.41) is 5.32. The van der Waals surface area contributed by atoms with Crippen molar-refractivity contribution in [2.45, 2.75) is 15.8 Å². The van der Waals surface area contributed by atoms with Crippen LogP contribution in [0.2, 0.25) is 0 Å². The van der Waals surface area contributed by atoms with Crippen molar-refractivity contribution in [2.24, 2.45) is 0 Å². The van der Waals surface area contributed by atoms with E-state index in [4.69, 9.17) is 4.74 Å². The van der Waals surface area contributed by atoms with Crippen molar-refractivity contribution >= 4 is 23.1 Å². The molecule has 0 saturated heterocycles. The van der Waals surface area contributed by atoms with Crippen LogP contribution in [0.15, 0.2) is 45.1 Å². The molecule has 0 radical (unpaired) electrons. The van der Waals surface area contributed by atoms with E-state index in [9.17, 15) is 0 Å². The standard InChI is InChI=1S/C13H16N2OS2/c1-16-8-6-14-10-11-2-4-12(5-3-11)18-13-15-7-9-17-13/h2-5,7,9,14H,6,8,10H2,1H3. The molecule has 0 unspecified atom stereocenters. The summed E-state index contributed by atoms with van der Waals surface area (Å²) in [5.41, 5.74) is 1.29. The molecule has 3 nitrogen and oxygen atoms in total. The van der Waals surface area contributed by atoms with Crippen LogP contribution in [0, 0.1) is 0 Å². The number of methoxy groups -OCH3 is 1. The second-order valence-corrected chi connectivity index (χ2v) is 5.93. The zero-order valence-corrected chi connectivity index (χ0v) is 11.9. The summed E-state index contributed by atoms with van der Waals surface area (Å²) < 4.78 is 6.07. The first-order valence-electron chi connectivity index (χ1n) is 5.74. The number of hydrogen-bond donors (Lipinski definition) is 1. The number of aromatic nitrogens is 1. The molecule has 1 N–H and O–H groups in total. The van der Waals surface area contributed by atoms with Crippen molar-refractivity contribution in [3.05, 3.63) is 41.4 Å². The Labute approximate surface area is 116 Å². The van der Waals surface area contributed by atoms with E-state index in [1.54, 1.807) is 30.2 Å². The molecule has 0 spiro atoms. The molecular weight excluding hydrogens is 264 g/mol. The summed E-state index contributed by atoms with van der Waals surface area (Å²) in [6.45, 7) is 2.51. The van der Waals surface area contributed by atoms with E-state index < -0.39 is 0 Å². The van der Waals surface area contributed by atoms with Crippen molar-refractivity contribution in [3.8, 4) is 0 Å². The molecule has 0 bridgehead atoms. The van der Waals surface area contributed by atoms with Gasteiger partial charge in [-0.25, -0.2) is 4.98 Å². The maximum Gasteiger partial charge on any atom is 0.154 e. The van der Waals surface area contributed by atoms with E-state index in [1.165, 1.54) is 10.5 Å². The van der Waals surface area contributed by atoms with E-state index in [0.717, 1.165) is 24.0 Å². The van der Waals surface area contributed by atoms with Crippen molar-refractivity contribution in [2.75, 3.05) is 20.3 Å². The molecule has 0 amide bonds. The van der Waals surface area contributed by atoms with Crippen LogP contribution in [-0.4, -0.2) is 25.2 Å². The van der Waals surface area contributed by atoms with Gasteiger partial charge in [0.2, 0.25) is 0 Å². The molecule has 5 heteroatoms. The fourth-order valence-electron chi connectivity index (χ4n) is 1.44. The number of hydrogen-bond acceptors (Lipinski definition) is 5. The molecule has 1 aromatic heterocycles. The lowest BCUT2D eigenvalue weighted by Crippen LogP contribution is -2.18. The lowest BCUT2D eigenvalue weighted by atomic mass is 10.2. The molecule has 1 aromatic carbocycles. The average Bonchev–Trinajstić information content (AvgIpc) is 2.89. The predicted octanol–water partition coefficient (Wildman–Crippen LogP) is 3.03. The minimum Gasteiger partial charge on any atom is -0.383 e. The lowest BCUT2D eigenvalue weighted by Gasteiger charge is -2.05. The van der Waals surface area contributed by atoms with Gasteiger partial charge in [-0.1, -0.05) is 23.9 Å². The molecule has 96 valence electrons. The number of ether oxygens (including phenoxy) is 1. The van der Waals surface area contributed by atoms with E-state index in [1.807, 2.05) is 11.6 Å². The second-order valence-electron chi connectivity index (χ2n) is 3.71. The third-order valence-corrected chi connectivity index (χ3v) is 4.24. The van der Waals surface area contributed by atoms with Gasteiger partial charge < -0.3 is 10.1 Å². The lowest BCUT2D eigenvalue weighted by molar-refractivity contribution is 0.199. The molecule has 0 atom stereocenters. The predicted molar refractivity (Wildman–Crippen MR) is 76.3 cm³/mol. The Kier molecular flexibility index (Phi) is 5.67. The highest BCUT2D eigenvalue weighted by atomic mass is 32.2. The van der Waals surface area contributed by atoms with E-state index in [-0.39, 0.29) is 0 Å². The van der Waals surface area contributed by atoms with E-state index in [0.29, 0.717) is 0 Å². The molecule has 0 saturated carbocycles. The fourth-order valence-corrected chi connectivity index (χ4v) is 3.04. The smallest absolute Gasteiger partial charge is 0.154 e. The van der Waals surface area contributed by atoms with Crippen LogP contribution < -0.4 is 5.32 Å². The second kappa shape index (κ2) is 7.53. The Morgan fingerprint density at radius 3 is 2.83 bits per heavy atom. The number of rotatable bonds is 7. The third kappa shape index (κ3) is 4.42. The van der Waals surface area contributed by atoms with Crippen molar-refractivity contribution < 1.29 is 4.74 Å². The minimum absolute atomic E-state index is 0.748. The van der Waals surface area contributed by atoms with Crippen LogP contribution in [0.3, 0.4) is 0 Å². The Morgan fingerprint density at radius 2 is 2.17 bits per heavy atom. The maximum atomic E-state index is 4.99. The summed E-state index contributed by atoms with van der Waals surface area (Å²) in [6, 6.07) is 8.57. The number of nitrogens with one attached hydrogen (secondary N) is 1. The van der Waals surface area contributed by atoms with Gasteiger partial charge in [-0.05, 0) is 17.7 Å². The van der Waals surface area contributed by atoms with Gasteiger partial charge in [0.25, 0.3) is 0 Å². The molecule has 2 aromatic rings. The molecule has 0 fully saturated rings. The first-order valence-corrected chi connectivity index (χ1v) is 7.44. The van der Waals surface area contributed by atoms with Crippen LogP contribution in [0.5, 0.6) is 0 Å². The average molecular weight is 280 g/mol. The van der Waals surface area contributed by atoms with Crippen LogP contribution in [-0.2, 0) is 11.3 Å². The highest BCUT2D eigenvalue weighted by molar-refractivity contribution is 8.01. The Balaban J connectivity index is 1.82. The third-order valence-electron chi connectivity index (χ3n) is 2.35. The molecule has 0 aliphatic carbocycles. The van der Waals surface area contributed by atoms with Crippen molar-refractivity contribution in [1.82, 2.24) is 10.3 Å². The van der Waals surface area contributed by atoms with Gasteiger partial charge in [0.1, 0.15) is 0 Å². The number of nitrogens with zero attached hydrogens (tertiary/aromatic N) is 1. The van der Waals surface area contributed by atoms with E-state index >= 15 is 0 Å². The number of thiazole rings is 1. The fraction of sp³-hybridized carbons (Fsp3) is 0.308. The van der Waals surface area contributed by atoms with E-state index in [2.05, 4.69) is 34.6 Å². The maximum absolute atomic E-state index is 4.99. The molecule has 0 aliphatic rings. The zero-order valence-electron chi connectivity index (χ0n) is 10.3. The monoisotopic (exact) mass is 280 g/mol. The quantitative estimate of drug-likeness (QED) is 0.791. The molecule has 2 rings (SSSR count). The Hall–Kier alpha value is -0.880. The van der Waals surface area contributed by atoms with Gasteiger partial charge >= 0.3 is 0 Å². The van der Waals surface area contributed by atoms with Crippen LogP contribution in [0.4, 0.5) is 0 Å². The van der Waals surface area contributed by atoms with Gasteiger partial charge in [0.05, 0.1) is 6.61 Å². The Morgan fingerprint density at radius 1 is 1.33 bits per heavy atom. The van der Waals surface area contributed by atoms with Crippen LogP contribution in [0.25, 0.3) is 0 Å². The Bertz CT molecular complexity index is 443. The SMILES string of the molecule is COCCNCc1ccc(Sc2nccs2)cc1. The molecule has 0 aliphatic heterocycles. The summed E-state index contributed by atoms with van der Waals surface area (Å²) >= 11 is 3.37. The zero-order chi connectivity index (χ0) is 12.6. The van der Waals surface area contributed by atoms with Gasteiger partial charge in [0, 0.05) is 36.7 Å². The highest BCUT2D eigenvalue weighted by Crippen LogP contribution is 2.28. The van der Waals surface area contributed by atoms with Crippen LogP contribution in [0.1, 0.15) is 5.56 Å². The van der Waals surface area contributed by atoms with Gasteiger partial charge in [-0.3, -0.25) is 0 Å². The molecule has 1 heterocycles. The van der Waals surface area contributed by atoms with Crippen molar-refractivity contribution in [1.29, 1.82) is 0 Å². The summed E-state index contributed by atoms with van der Waals surface area (Å²) in [6.07, 6.45) is 1.83. The van der Waals surface area contributed by atoms with Crippen LogP contribution >= 0.6 is 23.1 Å². The summed E-state index contributed by atoms with van der Waals surface area (Å²) in [5.74, 6) is 0. The topological polar surface area (TPSA) is 34.1 Å². The molecular formula is C13H16N2OS2. The summed E-state index contributed by atoms with van der Waals surface area (Å²) in [4.78, 5) is 5.49. The van der Waals surface area contributed by atoms with Gasteiger partial charge in [-0.2, -0.15) is 0 Å². The highest BCUT2D eigenvalue weighted by Gasteiger charge is 1.99. The molecule has 18 heavy (non-hydrogen) atoms. The van der Waals surface area contributed by atoms with Crippen molar-refractivity contribution in [3.63, 3.8) is 0 Å². The summed E-state index contributed by atoms with van der Waals surface area (Å²) in [7, 11) is 1.71. The van der Waals surface area contributed by atoms with Gasteiger partial charge in [0.15, 0.2) is 4.34 Å². The number of benzene rings is 1. The first kappa shape index (κ1) is 13.5. The first-order chi connectivity index (χ1) is 8.88. The largest absolute Gasteiger partial charge is 0.383 e. The normalized spacial score (nSPS) is 10.7. The van der Waals surface area contributed by atoms with Gasteiger partial charge in [-0.15, -0.1) is 11.3 Å². The minimum atomic E-state index is 0.748.